The Morgan fingerprint density at radius 2 is 1.97 bits per heavy atom. The number of carbonyl (C=O) groups is 1. The summed E-state index contributed by atoms with van der Waals surface area (Å²) in [4.78, 5) is 16.6. The third-order valence-corrected chi connectivity index (χ3v) is 7.32. The number of carbonyl (C=O) groups excluding carboxylic acids is 1. The third-order valence-electron chi connectivity index (χ3n) is 7.32. The second-order valence-electron chi connectivity index (χ2n) is 9.16. The number of hydrogen-bond donors (Lipinski definition) is 2. The first-order chi connectivity index (χ1) is 14.6. The SMILES string of the molecule is O=C([C@@H]1C[C@@H](O)C2(CCC2)CN1)N1CCC(c2nnn(Cc3ccccc3)n2)CC1. The van der Waals surface area contributed by atoms with E-state index in [9.17, 15) is 9.90 Å². The van der Waals surface area contributed by atoms with Crippen molar-refractivity contribution in [2.45, 2.75) is 63.1 Å². The summed E-state index contributed by atoms with van der Waals surface area (Å²) in [7, 11) is 0. The molecule has 1 saturated carbocycles. The van der Waals surface area contributed by atoms with Gasteiger partial charge in [0.25, 0.3) is 0 Å². The van der Waals surface area contributed by atoms with Gasteiger partial charge in [0.15, 0.2) is 5.82 Å². The minimum Gasteiger partial charge on any atom is -0.392 e. The molecule has 0 bridgehead atoms. The fourth-order valence-electron chi connectivity index (χ4n) is 5.14. The van der Waals surface area contributed by atoms with Crippen LogP contribution in [0.5, 0.6) is 0 Å². The van der Waals surface area contributed by atoms with E-state index in [-0.39, 0.29) is 29.4 Å². The molecule has 3 heterocycles. The lowest BCUT2D eigenvalue weighted by molar-refractivity contribution is -0.140. The number of hydrogen-bond acceptors (Lipinski definition) is 6. The van der Waals surface area contributed by atoms with Gasteiger partial charge in [0, 0.05) is 31.0 Å². The first kappa shape index (κ1) is 19.6. The summed E-state index contributed by atoms with van der Waals surface area (Å²) in [6, 6.07) is 9.85. The van der Waals surface area contributed by atoms with Crippen molar-refractivity contribution in [3.8, 4) is 0 Å². The lowest BCUT2D eigenvalue weighted by Gasteiger charge is -2.50. The molecular weight excluding hydrogens is 380 g/mol. The molecule has 1 aromatic carbocycles. The van der Waals surface area contributed by atoms with Crippen molar-refractivity contribution in [1.29, 1.82) is 0 Å². The molecule has 1 aliphatic carbocycles. The number of tetrazole rings is 1. The van der Waals surface area contributed by atoms with Crippen LogP contribution < -0.4 is 5.32 Å². The van der Waals surface area contributed by atoms with Crippen LogP contribution in [-0.2, 0) is 11.3 Å². The molecule has 2 aromatic rings. The number of benzene rings is 1. The van der Waals surface area contributed by atoms with Crippen molar-refractivity contribution in [1.82, 2.24) is 30.4 Å². The molecule has 5 rings (SSSR count). The average molecular weight is 411 g/mol. The van der Waals surface area contributed by atoms with E-state index < -0.39 is 0 Å². The van der Waals surface area contributed by atoms with Crippen LogP contribution in [0.25, 0.3) is 0 Å². The van der Waals surface area contributed by atoms with Gasteiger partial charge in [-0.25, -0.2) is 0 Å². The number of aliphatic hydroxyl groups excluding tert-OH is 1. The Balaban J connectivity index is 1.14. The minimum atomic E-state index is -0.358. The van der Waals surface area contributed by atoms with Gasteiger partial charge in [0.05, 0.1) is 18.7 Å². The Morgan fingerprint density at radius 3 is 2.63 bits per heavy atom. The van der Waals surface area contributed by atoms with E-state index in [0.717, 1.165) is 43.6 Å². The predicted octanol–water partition coefficient (Wildman–Crippen LogP) is 1.32. The van der Waals surface area contributed by atoms with Crippen LogP contribution in [0.15, 0.2) is 30.3 Å². The van der Waals surface area contributed by atoms with Crippen molar-refractivity contribution >= 4 is 5.91 Å². The first-order valence-corrected chi connectivity index (χ1v) is 11.1. The minimum absolute atomic E-state index is 0.0288. The Morgan fingerprint density at radius 1 is 1.20 bits per heavy atom. The number of likely N-dealkylation sites (tertiary alicyclic amines) is 1. The van der Waals surface area contributed by atoms with Crippen molar-refractivity contribution in [3.63, 3.8) is 0 Å². The molecule has 1 spiro atoms. The van der Waals surface area contributed by atoms with Crippen LogP contribution in [0.1, 0.15) is 55.8 Å². The van der Waals surface area contributed by atoms with Crippen molar-refractivity contribution in [2.24, 2.45) is 5.41 Å². The van der Waals surface area contributed by atoms with Gasteiger partial charge in [-0.2, -0.15) is 4.80 Å². The van der Waals surface area contributed by atoms with E-state index in [1.54, 1.807) is 4.80 Å². The highest BCUT2D eigenvalue weighted by Gasteiger charge is 2.48. The first-order valence-electron chi connectivity index (χ1n) is 11.1. The maximum absolute atomic E-state index is 13.0. The Kier molecular flexibility index (Phi) is 5.28. The van der Waals surface area contributed by atoms with Gasteiger partial charge >= 0.3 is 0 Å². The molecule has 1 amide bonds. The second kappa shape index (κ2) is 8.07. The number of piperidine rings is 2. The Bertz CT molecular complexity index is 873. The molecule has 30 heavy (non-hydrogen) atoms. The van der Waals surface area contributed by atoms with Gasteiger partial charge in [-0.1, -0.05) is 36.8 Å². The van der Waals surface area contributed by atoms with Gasteiger partial charge < -0.3 is 15.3 Å². The van der Waals surface area contributed by atoms with Crippen LogP contribution in [0.3, 0.4) is 0 Å². The van der Waals surface area contributed by atoms with E-state index in [1.807, 2.05) is 23.1 Å². The molecule has 0 radical (unpaired) electrons. The molecule has 2 atom stereocenters. The Hall–Kier alpha value is -2.32. The van der Waals surface area contributed by atoms with Gasteiger partial charge in [0.2, 0.25) is 5.91 Å². The summed E-state index contributed by atoms with van der Waals surface area (Å²) < 4.78 is 0. The maximum Gasteiger partial charge on any atom is 0.239 e. The second-order valence-corrected chi connectivity index (χ2v) is 9.16. The fourth-order valence-corrected chi connectivity index (χ4v) is 5.14. The zero-order valence-corrected chi connectivity index (χ0v) is 17.3. The molecule has 1 aromatic heterocycles. The lowest BCUT2D eigenvalue weighted by Crippen LogP contribution is -2.61. The molecule has 2 saturated heterocycles. The Labute approximate surface area is 176 Å². The molecule has 0 unspecified atom stereocenters. The zero-order chi connectivity index (χ0) is 20.6. The number of nitrogens with one attached hydrogen (secondary N) is 1. The summed E-state index contributed by atoms with van der Waals surface area (Å²) in [6.07, 6.45) is 5.21. The fraction of sp³-hybridized carbons (Fsp3) is 0.636. The average Bonchev–Trinajstić information content (AvgIpc) is 3.21. The largest absolute Gasteiger partial charge is 0.392 e. The summed E-state index contributed by atoms with van der Waals surface area (Å²) in [5, 5.41) is 27.0. The summed E-state index contributed by atoms with van der Waals surface area (Å²) >= 11 is 0. The number of rotatable bonds is 4. The topological polar surface area (TPSA) is 96.2 Å². The monoisotopic (exact) mass is 410 g/mol. The van der Waals surface area contributed by atoms with E-state index >= 15 is 0 Å². The summed E-state index contributed by atoms with van der Waals surface area (Å²) in [5.74, 6) is 1.14. The molecule has 8 heteroatoms. The maximum atomic E-state index is 13.0. The standard InChI is InChI=1S/C22H30N6O2/c29-19-13-18(23-15-22(19)9-4-10-22)21(30)27-11-7-17(8-12-27)20-24-26-28(25-20)14-16-5-2-1-3-6-16/h1-3,5-6,17-19,23,29H,4,7-15H2/t18-,19+/m0/s1. The highest BCUT2D eigenvalue weighted by Crippen LogP contribution is 2.46. The normalized spacial score (nSPS) is 26.5. The van der Waals surface area contributed by atoms with Crippen LogP contribution in [0.4, 0.5) is 0 Å². The number of amides is 1. The quantitative estimate of drug-likeness (QED) is 0.789. The van der Waals surface area contributed by atoms with Crippen molar-refractivity contribution in [3.05, 3.63) is 41.7 Å². The molecule has 8 nitrogen and oxygen atoms in total. The van der Waals surface area contributed by atoms with Crippen molar-refractivity contribution < 1.29 is 9.90 Å². The van der Waals surface area contributed by atoms with Crippen LogP contribution in [-0.4, -0.2) is 67.9 Å². The number of nitrogens with zero attached hydrogens (tertiary/aromatic N) is 5. The molecule has 3 fully saturated rings. The summed E-state index contributed by atoms with van der Waals surface area (Å²) in [6.45, 7) is 2.78. The van der Waals surface area contributed by atoms with Crippen molar-refractivity contribution in [2.75, 3.05) is 19.6 Å². The molecule has 2 N–H and O–H groups in total. The third kappa shape index (κ3) is 3.74. The van der Waals surface area contributed by atoms with Gasteiger partial charge in [-0.15, -0.1) is 10.2 Å². The predicted molar refractivity (Wildman–Crippen MR) is 111 cm³/mol. The highest BCUT2D eigenvalue weighted by atomic mass is 16.3. The van der Waals surface area contributed by atoms with E-state index in [4.69, 9.17) is 0 Å². The number of aromatic nitrogens is 4. The number of aliphatic hydroxyl groups is 1. The molecular formula is C22H30N6O2. The highest BCUT2D eigenvalue weighted by molar-refractivity contribution is 5.82. The van der Waals surface area contributed by atoms with Crippen LogP contribution in [0, 0.1) is 5.41 Å². The zero-order valence-electron chi connectivity index (χ0n) is 17.3. The van der Waals surface area contributed by atoms with Gasteiger partial charge in [-0.05, 0) is 42.9 Å². The van der Waals surface area contributed by atoms with E-state index in [1.165, 1.54) is 6.42 Å². The van der Waals surface area contributed by atoms with Crippen LogP contribution in [0.2, 0.25) is 0 Å². The van der Waals surface area contributed by atoms with Gasteiger partial charge in [0.1, 0.15) is 0 Å². The van der Waals surface area contributed by atoms with Gasteiger partial charge in [-0.3, -0.25) is 4.79 Å². The van der Waals surface area contributed by atoms with E-state index in [2.05, 4.69) is 32.9 Å². The molecule has 2 aliphatic heterocycles. The lowest BCUT2D eigenvalue weighted by atomic mass is 9.62. The smallest absolute Gasteiger partial charge is 0.239 e. The molecule has 3 aliphatic rings. The summed E-state index contributed by atoms with van der Waals surface area (Å²) in [5.41, 5.74) is 1.17. The van der Waals surface area contributed by atoms with Crippen LogP contribution >= 0.6 is 0 Å². The van der Waals surface area contributed by atoms with E-state index in [0.29, 0.717) is 26.1 Å². The molecule has 160 valence electrons.